The lowest BCUT2D eigenvalue weighted by molar-refractivity contribution is -0.117. The third-order valence-corrected chi connectivity index (χ3v) is 4.58. The SMILES string of the molecule is O=C(Nc1nc2cnccc2s1)c1ccnc(NC(=O)C2CC2)c1. The molecule has 0 atom stereocenters. The van der Waals surface area contributed by atoms with Gasteiger partial charge >= 0.3 is 0 Å². The van der Waals surface area contributed by atoms with Gasteiger partial charge in [0.1, 0.15) is 11.3 Å². The largest absolute Gasteiger partial charge is 0.310 e. The van der Waals surface area contributed by atoms with Crippen molar-refractivity contribution in [2.45, 2.75) is 12.8 Å². The Morgan fingerprint density at radius 2 is 2.04 bits per heavy atom. The van der Waals surface area contributed by atoms with Gasteiger partial charge in [0.15, 0.2) is 5.13 Å². The van der Waals surface area contributed by atoms with E-state index in [0.717, 1.165) is 23.1 Å². The van der Waals surface area contributed by atoms with Crippen molar-refractivity contribution >= 4 is 44.3 Å². The number of fused-ring (bicyclic) bond motifs is 1. The third kappa shape index (κ3) is 3.09. The maximum Gasteiger partial charge on any atom is 0.257 e. The molecule has 0 saturated heterocycles. The zero-order valence-electron chi connectivity index (χ0n) is 12.5. The van der Waals surface area contributed by atoms with Gasteiger partial charge in [0.2, 0.25) is 5.91 Å². The van der Waals surface area contributed by atoms with E-state index in [9.17, 15) is 9.59 Å². The highest BCUT2D eigenvalue weighted by atomic mass is 32.1. The summed E-state index contributed by atoms with van der Waals surface area (Å²) in [5, 5.41) is 6.00. The van der Waals surface area contributed by atoms with Crippen LogP contribution in [0.5, 0.6) is 0 Å². The van der Waals surface area contributed by atoms with Crippen LogP contribution < -0.4 is 10.6 Å². The molecule has 1 aliphatic carbocycles. The summed E-state index contributed by atoms with van der Waals surface area (Å²) in [6, 6.07) is 5.00. The molecule has 1 saturated carbocycles. The molecule has 3 heterocycles. The first kappa shape index (κ1) is 14.7. The Bertz CT molecular complexity index is 902. The van der Waals surface area contributed by atoms with E-state index in [1.165, 1.54) is 17.5 Å². The molecule has 1 fully saturated rings. The quantitative estimate of drug-likeness (QED) is 0.762. The number of hydrogen-bond donors (Lipinski definition) is 2. The van der Waals surface area contributed by atoms with Crippen LogP contribution in [0.25, 0.3) is 10.2 Å². The number of anilines is 2. The van der Waals surface area contributed by atoms with Crippen LogP contribution in [0.4, 0.5) is 10.9 Å². The predicted molar refractivity (Wildman–Crippen MR) is 91.0 cm³/mol. The fourth-order valence-corrected chi connectivity index (χ4v) is 3.04. The topological polar surface area (TPSA) is 96.9 Å². The molecule has 24 heavy (non-hydrogen) atoms. The van der Waals surface area contributed by atoms with E-state index in [0.29, 0.717) is 16.5 Å². The number of nitrogens with one attached hydrogen (secondary N) is 2. The van der Waals surface area contributed by atoms with E-state index in [1.807, 2.05) is 6.07 Å². The van der Waals surface area contributed by atoms with Crippen molar-refractivity contribution in [1.82, 2.24) is 15.0 Å². The molecule has 0 unspecified atom stereocenters. The molecule has 0 bridgehead atoms. The Morgan fingerprint density at radius 1 is 1.17 bits per heavy atom. The fraction of sp³-hybridized carbons (Fsp3) is 0.188. The van der Waals surface area contributed by atoms with E-state index in [1.54, 1.807) is 24.5 Å². The van der Waals surface area contributed by atoms with Gasteiger partial charge in [0.05, 0.1) is 10.9 Å². The van der Waals surface area contributed by atoms with Gasteiger partial charge in [-0.2, -0.15) is 0 Å². The molecule has 120 valence electrons. The van der Waals surface area contributed by atoms with Crippen LogP contribution in [0.1, 0.15) is 23.2 Å². The van der Waals surface area contributed by atoms with Crippen molar-refractivity contribution in [1.29, 1.82) is 0 Å². The minimum Gasteiger partial charge on any atom is -0.310 e. The highest BCUT2D eigenvalue weighted by Gasteiger charge is 2.29. The average molecular weight is 339 g/mol. The van der Waals surface area contributed by atoms with Crippen molar-refractivity contribution in [2.24, 2.45) is 5.92 Å². The van der Waals surface area contributed by atoms with Crippen LogP contribution in [0.3, 0.4) is 0 Å². The summed E-state index contributed by atoms with van der Waals surface area (Å²) in [5.41, 5.74) is 1.15. The average Bonchev–Trinajstić information content (AvgIpc) is 3.35. The molecule has 2 amide bonds. The number of hydrogen-bond acceptors (Lipinski definition) is 6. The molecule has 2 N–H and O–H groups in total. The molecular formula is C16H13N5O2S. The summed E-state index contributed by atoms with van der Waals surface area (Å²) in [6.45, 7) is 0. The number of amides is 2. The standard InChI is InChI=1S/C16H13N5O2S/c22-14(9-1-2-9)20-13-7-10(3-6-18-13)15(23)21-16-19-11-8-17-5-4-12(11)24-16/h3-9H,1-2H2,(H,18,20,22)(H,19,21,23). The van der Waals surface area contributed by atoms with E-state index < -0.39 is 0 Å². The van der Waals surface area contributed by atoms with Crippen molar-refractivity contribution in [3.05, 3.63) is 42.4 Å². The number of aromatic nitrogens is 3. The zero-order chi connectivity index (χ0) is 16.5. The van der Waals surface area contributed by atoms with Gasteiger partial charge in [0.25, 0.3) is 5.91 Å². The molecule has 8 heteroatoms. The van der Waals surface area contributed by atoms with Gasteiger partial charge in [-0.05, 0) is 31.0 Å². The number of thiazole rings is 1. The first-order valence-corrected chi connectivity index (χ1v) is 8.29. The van der Waals surface area contributed by atoms with E-state index in [-0.39, 0.29) is 17.7 Å². The van der Waals surface area contributed by atoms with Crippen molar-refractivity contribution in [3.8, 4) is 0 Å². The second kappa shape index (κ2) is 5.97. The lowest BCUT2D eigenvalue weighted by Gasteiger charge is -2.05. The summed E-state index contributed by atoms with van der Waals surface area (Å²) in [7, 11) is 0. The van der Waals surface area contributed by atoms with Crippen LogP contribution in [-0.2, 0) is 4.79 Å². The summed E-state index contributed by atoms with van der Waals surface area (Å²) >= 11 is 1.38. The van der Waals surface area contributed by atoms with E-state index >= 15 is 0 Å². The van der Waals surface area contributed by atoms with Gasteiger partial charge in [0, 0.05) is 23.9 Å². The van der Waals surface area contributed by atoms with E-state index in [2.05, 4.69) is 25.6 Å². The molecule has 0 radical (unpaired) electrons. The third-order valence-electron chi connectivity index (χ3n) is 3.63. The van der Waals surface area contributed by atoms with Gasteiger partial charge in [-0.15, -0.1) is 0 Å². The number of carbonyl (C=O) groups is 2. The van der Waals surface area contributed by atoms with Crippen molar-refractivity contribution in [2.75, 3.05) is 10.6 Å². The highest BCUT2D eigenvalue weighted by molar-refractivity contribution is 7.22. The Balaban J connectivity index is 1.50. The Labute approximate surface area is 141 Å². The maximum absolute atomic E-state index is 12.4. The molecule has 1 aliphatic rings. The molecule has 0 aliphatic heterocycles. The van der Waals surface area contributed by atoms with Crippen LogP contribution >= 0.6 is 11.3 Å². The lowest BCUT2D eigenvalue weighted by atomic mass is 10.2. The second-order valence-electron chi connectivity index (χ2n) is 5.51. The molecule has 0 spiro atoms. The normalized spacial score (nSPS) is 13.7. The van der Waals surface area contributed by atoms with Gasteiger partial charge in [-0.1, -0.05) is 11.3 Å². The summed E-state index contributed by atoms with van der Waals surface area (Å²) in [6.07, 6.45) is 6.67. The van der Waals surface area contributed by atoms with Crippen LogP contribution in [-0.4, -0.2) is 26.8 Å². The molecule has 0 aromatic carbocycles. The summed E-state index contributed by atoms with van der Waals surface area (Å²) in [5.74, 6) is 0.124. The van der Waals surface area contributed by atoms with Crippen LogP contribution in [0.2, 0.25) is 0 Å². The molecule has 3 aromatic rings. The van der Waals surface area contributed by atoms with Crippen molar-refractivity contribution < 1.29 is 9.59 Å². The summed E-state index contributed by atoms with van der Waals surface area (Å²) < 4.78 is 0.951. The first-order chi connectivity index (χ1) is 11.7. The predicted octanol–water partition coefficient (Wildman–Crippen LogP) is 2.69. The van der Waals surface area contributed by atoms with Crippen molar-refractivity contribution in [3.63, 3.8) is 0 Å². The Hall–Kier alpha value is -2.87. The number of pyridine rings is 2. The van der Waals surface area contributed by atoms with Gasteiger partial charge in [-0.25, -0.2) is 9.97 Å². The number of carbonyl (C=O) groups excluding carboxylic acids is 2. The minimum atomic E-state index is -0.300. The minimum absolute atomic E-state index is 0.0428. The first-order valence-electron chi connectivity index (χ1n) is 7.48. The fourth-order valence-electron chi connectivity index (χ4n) is 2.22. The van der Waals surface area contributed by atoms with E-state index in [4.69, 9.17) is 0 Å². The highest BCUT2D eigenvalue weighted by Crippen LogP contribution is 2.30. The summed E-state index contributed by atoms with van der Waals surface area (Å²) in [4.78, 5) is 36.6. The van der Waals surface area contributed by atoms with Gasteiger partial charge < -0.3 is 5.32 Å². The second-order valence-corrected chi connectivity index (χ2v) is 6.54. The van der Waals surface area contributed by atoms with Crippen LogP contribution in [0.15, 0.2) is 36.8 Å². The lowest BCUT2D eigenvalue weighted by Crippen LogP contribution is -2.16. The molecule has 3 aromatic heterocycles. The zero-order valence-corrected chi connectivity index (χ0v) is 13.3. The Morgan fingerprint density at radius 3 is 2.83 bits per heavy atom. The maximum atomic E-state index is 12.4. The monoisotopic (exact) mass is 339 g/mol. The molecular weight excluding hydrogens is 326 g/mol. The molecule has 7 nitrogen and oxygen atoms in total. The van der Waals surface area contributed by atoms with Gasteiger partial charge in [-0.3, -0.25) is 19.9 Å². The number of rotatable bonds is 4. The Kier molecular flexibility index (Phi) is 3.66. The smallest absolute Gasteiger partial charge is 0.257 e. The van der Waals surface area contributed by atoms with Crippen LogP contribution in [0, 0.1) is 5.92 Å². The molecule has 4 rings (SSSR count). The number of nitrogens with zero attached hydrogens (tertiary/aromatic N) is 3.